The molecule has 6 nitrogen and oxygen atoms in total. The number of esters is 1. The molecular weight excluding hydrogens is 947 g/mol. The minimum atomic E-state index is -0.665. The summed E-state index contributed by atoms with van der Waals surface area (Å²) in [5.74, 6) is -0.0310. The van der Waals surface area contributed by atoms with Crippen molar-refractivity contribution in [1.29, 1.82) is 0 Å². The lowest BCUT2D eigenvalue weighted by atomic mass is 10.0. The first-order valence-corrected chi connectivity index (χ1v) is 34.7. The fourth-order valence-corrected chi connectivity index (χ4v) is 10.8. The van der Waals surface area contributed by atoms with Crippen LogP contribution in [0.5, 0.6) is 0 Å². The van der Waals surface area contributed by atoms with Crippen molar-refractivity contribution in [3.63, 3.8) is 0 Å². The molecule has 0 saturated heterocycles. The Kier molecular flexibility index (Phi) is 64.9. The Morgan fingerprint density at radius 3 is 1.01 bits per heavy atom. The number of ether oxygens (including phenoxy) is 1. The maximum absolute atomic E-state index is 12.5. The van der Waals surface area contributed by atoms with Gasteiger partial charge in [-0.3, -0.25) is 9.59 Å². The normalized spacial score (nSPS) is 12.7. The van der Waals surface area contributed by atoms with Gasteiger partial charge in [0.05, 0.1) is 25.4 Å². The topological polar surface area (TPSA) is 95.9 Å². The van der Waals surface area contributed by atoms with Crippen LogP contribution in [0.4, 0.5) is 0 Å². The quantitative estimate of drug-likeness (QED) is 0.0320. The number of hydrogen-bond donors (Lipinski definition) is 3. The van der Waals surface area contributed by atoms with E-state index in [0.717, 1.165) is 51.4 Å². The van der Waals surface area contributed by atoms with Gasteiger partial charge in [0.15, 0.2) is 0 Å². The SMILES string of the molecule is CCCCCC/C=C\C/C=C\CCCCCCCC(=O)OCCCCCCCCCCCCCC/C=C\CCCCCCCCCCCCCC(=O)NC(CO)C(O)CCCCCCCCCCCCCCCCCCC. The third-order valence-corrected chi connectivity index (χ3v) is 16.2. The van der Waals surface area contributed by atoms with Gasteiger partial charge in [0.25, 0.3) is 0 Å². The lowest BCUT2D eigenvalue weighted by Gasteiger charge is -2.22. The molecule has 0 aromatic carbocycles. The average Bonchev–Trinajstić information content (AvgIpc) is 3.43. The molecule has 454 valence electrons. The lowest BCUT2D eigenvalue weighted by Crippen LogP contribution is -2.45. The molecule has 0 heterocycles. The zero-order valence-electron chi connectivity index (χ0n) is 52.0. The average molecular weight is 1080 g/mol. The predicted octanol–water partition coefficient (Wildman–Crippen LogP) is 22.3. The molecule has 0 aliphatic carbocycles. The van der Waals surface area contributed by atoms with Crippen molar-refractivity contribution in [3.05, 3.63) is 36.5 Å². The molecule has 77 heavy (non-hydrogen) atoms. The van der Waals surface area contributed by atoms with Crippen LogP contribution in [-0.2, 0) is 14.3 Å². The minimum Gasteiger partial charge on any atom is -0.466 e. The molecule has 0 aliphatic heterocycles. The number of amides is 1. The van der Waals surface area contributed by atoms with E-state index in [9.17, 15) is 19.8 Å². The zero-order chi connectivity index (χ0) is 55.7. The summed E-state index contributed by atoms with van der Waals surface area (Å²) in [6.07, 6.45) is 84.7. The Balaban J connectivity index is 3.39. The van der Waals surface area contributed by atoms with Crippen LogP contribution in [0, 0.1) is 0 Å². The Hall–Kier alpha value is -1.92. The number of aliphatic hydroxyl groups is 2. The first-order valence-electron chi connectivity index (χ1n) is 34.7. The number of hydrogen-bond acceptors (Lipinski definition) is 5. The van der Waals surface area contributed by atoms with Crippen molar-refractivity contribution in [2.45, 2.75) is 392 Å². The maximum Gasteiger partial charge on any atom is 0.305 e. The Bertz CT molecular complexity index is 1250. The van der Waals surface area contributed by atoms with Gasteiger partial charge in [0.2, 0.25) is 5.91 Å². The maximum atomic E-state index is 12.5. The molecule has 1 amide bonds. The van der Waals surface area contributed by atoms with Crippen LogP contribution in [0.15, 0.2) is 36.5 Å². The largest absolute Gasteiger partial charge is 0.466 e. The predicted molar refractivity (Wildman–Crippen MR) is 338 cm³/mol. The van der Waals surface area contributed by atoms with Crippen LogP contribution in [0.1, 0.15) is 380 Å². The third kappa shape index (κ3) is 63.1. The number of carbonyl (C=O) groups is 2. The van der Waals surface area contributed by atoms with Crippen molar-refractivity contribution in [1.82, 2.24) is 5.32 Å². The van der Waals surface area contributed by atoms with Crippen molar-refractivity contribution in [3.8, 4) is 0 Å². The van der Waals surface area contributed by atoms with E-state index < -0.39 is 12.1 Å². The van der Waals surface area contributed by atoms with E-state index in [1.807, 2.05) is 0 Å². The van der Waals surface area contributed by atoms with Gasteiger partial charge in [0, 0.05) is 12.8 Å². The van der Waals surface area contributed by atoms with Gasteiger partial charge in [-0.2, -0.15) is 0 Å². The van der Waals surface area contributed by atoms with E-state index in [4.69, 9.17) is 4.74 Å². The molecular formula is C71H135NO5. The summed E-state index contributed by atoms with van der Waals surface area (Å²) in [6, 6.07) is -0.543. The Labute approximate surface area is 481 Å². The molecule has 0 fully saturated rings. The summed E-state index contributed by atoms with van der Waals surface area (Å²) in [5.41, 5.74) is 0. The van der Waals surface area contributed by atoms with Crippen molar-refractivity contribution < 1.29 is 24.5 Å². The number of nitrogens with one attached hydrogen (secondary N) is 1. The Morgan fingerprint density at radius 1 is 0.364 bits per heavy atom. The molecule has 0 radical (unpaired) electrons. The molecule has 0 spiro atoms. The summed E-state index contributed by atoms with van der Waals surface area (Å²) in [5, 5.41) is 23.4. The van der Waals surface area contributed by atoms with E-state index in [1.54, 1.807) is 0 Å². The number of carbonyl (C=O) groups excluding carboxylic acids is 2. The molecule has 0 bridgehead atoms. The number of allylic oxidation sites excluding steroid dienone is 6. The highest BCUT2D eigenvalue weighted by atomic mass is 16.5. The zero-order valence-corrected chi connectivity index (χ0v) is 52.0. The van der Waals surface area contributed by atoms with Gasteiger partial charge in [-0.25, -0.2) is 0 Å². The second kappa shape index (κ2) is 66.6. The lowest BCUT2D eigenvalue weighted by molar-refractivity contribution is -0.143. The van der Waals surface area contributed by atoms with Crippen molar-refractivity contribution in [2.24, 2.45) is 0 Å². The molecule has 3 N–H and O–H groups in total. The smallest absolute Gasteiger partial charge is 0.305 e. The third-order valence-electron chi connectivity index (χ3n) is 16.2. The summed E-state index contributed by atoms with van der Waals surface area (Å²) in [7, 11) is 0. The first kappa shape index (κ1) is 75.1. The second-order valence-electron chi connectivity index (χ2n) is 23.9. The van der Waals surface area contributed by atoms with Gasteiger partial charge in [-0.1, -0.05) is 320 Å². The Morgan fingerprint density at radius 2 is 0.649 bits per heavy atom. The molecule has 0 aromatic heterocycles. The second-order valence-corrected chi connectivity index (χ2v) is 23.9. The monoisotopic (exact) mass is 1080 g/mol. The fourth-order valence-electron chi connectivity index (χ4n) is 10.8. The van der Waals surface area contributed by atoms with E-state index in [2.05, 4.69) is 55.6 Å². The first-order chi connectivity index (χ1) is 38.0. The van der Waals surface area contributed by atoms with E-state index in [-0.39, 0.29) is 18.5 Å². The number of rotatable bonds is 65. The van der Waals surface area contributed by atoms with Gasteiger partial charge in [-0.15, -0.1) is 0 Å². The van der Waals surface area contributed by atoms with E-state index in [1.165, 1.54) is 295 Å². The molecule has 0 aliphatic rings. The van der Waals surface area contributed by atoms with Crippen molar-refractivity contribution >= 4 is 11.9 Å². The van der Waals surface area contributed by atoms with Crippen molar-refractivity contribution in [2.75, 3.05) is 13.2 Å². The van der Waals surface area contributed by atoms with Crippen LogP contribution < -0.4 is 5.32 Å². The molecule has 0 aromatic rings. The highest BCUT2D eigenvalue weighted by Crippen LogP contribution is 2.18. The minimum absolute atomic E-state index is 0.00203. The van der Waals surface area contributed by atoms with Gasteiger partial charge >= 0.3 is 5.97 Å². The summed E-state index contributed by atoms with van der Waals surface area (Å²) in [6.45, 7) is 4.96. The standard InChI is InChI=1S/C71H135NO5/c1-3-5-7-9-11-13-15-17-19-32-35-39-43-47-51-55-59-63-69(74)68(67-73)72-70(75)64-60-56-52-48-44-40-36-33-30-28-26-24-22-21-23-25-27-29-31-34-38-42-46-50-54-58-62-66-77-71(76)65-61-57-53-49-45-41-37-20-18-16-14-12-10-8-6-4-2/h14,16,20-22,37,68-69,73-74H,3-13,15,17-19,23-36,38-67H2,1-2H3,(H,72,75)/b16-14-,22-21-,37-20-. The van der Waals surface area contributed by atoms with Crippen LogP contribution >= 0.6 is 0 Å². The molecule has 6 heteroatoms. The van der Waals surface area contributed by atoms with Crippen LogP contribution in [0.25, 0.3) is 0 Å². The number of aliphatic hydroxyl groups excluding tert-OH is 2. The van der Waals surface area contributed by atoms with Crippen LogP contribution in [0.2, 0.25) is 0 Å². The van der Waals surface area contributed by atoms with Crippen LogP contribution in [-0.4, -0.2) is 47.4 Å². The molecule has 0 saturated carbocycles. The van der Waals surface area contributed by atoms with Gasteiger partial charge < -0.3 is 20.3 Å². The summed E-state index contributed by atoms with van der Waals surface area (Å²) in [4.78, 5) is 24.6. The molecule has 2 unspecified atom stereocenters. The van der Waals surface area contributed by atoms with Crippen LogP contribution in [0.3, 0.4) is 0 Å². The van der Waals surface area contributed by atoms with E-state index >= 15 is 0 Å². The van der Waals surface area contributed by atoms with Gasteiger partial charge in [-0.05, 0) is 83.5 Å². The summed E-state index contributed by atoms with van der Waals surface area (Å²) < 4.78 is 5.49. The van der Waals surface area contributed by atoms with Gasteiger partial charge in [0.1, 0.15) is 0 Å². The highest BCUT2D eigenvalue weighted by molar-refractivity contribution is 5.76. The molecule has 0 rings (SSSR count). The number of unbranched alkanes of at least 4 members (excludes halogenated alkanes) is 48. The fraction of sp³-hybridized carbons (Fsp3) is 0.887. The summed E-state index contributed by atoms with van der Waals surface area (Å²) >= 11 is 0. The highest BCUT2D eigenvalue weighted by Gasteiger charge is 2.20. The van der Waals surface area contributed by atoms with E-state index in [0.29, 0.717) is 25.9 Å². The molecule has 2 atom stereocenters.